The molecule has 0 spiro atoms. The topological polar surface area (TPSA) is 41.9 Å². The van der Waals surface area contributed by atoms with E-state index in [1.807, 2.05) is 41.2 Å². The van der Waals surface area contributed by atoms with Gasteiger partial charge in [-0.1, -0.05) is 31.2 Å². The predicted octanol–water partition coefficient (Wildman–Crippen LogP) is 3.92. The highest BCUT2D eigenvalue weighted by Gasteiger charge is 2.00. The quantitative estimate of drug-likeness (QED) is 0.693. The van der Waals surface area contributed by atoms with Gasteiger partial charge in [-0.25, -0.2) is 4.68 Å². The van der Waals surface area contributed by atoms with Gasteiger partial charge in [-0.2, -0.15) is 5.10 Å². The summed E-state index contributed by atoms with van der Waals surface area (Å²) in [5.41, 5.74) is 4.52. The lowest BCUT2D eigenvalue weighted by Gasteiger charge is -2.11. The van der Waals surface area contributed by atoms with E-state index in [4.69, 9.17) is 12.2 Å². The summed E-state index contributed by atoms with van der Waals surface area (Å²) >= 11 is 5.35. The highest BCUT2D eigenvalue weighted by atomic mass is 32.1. The molecule has 3 rings (SSSR count). The fourth-order valence-corrected chi connectivity index (χ4v) is 2.56. The number of rotatable bonds is 5. The zero-order chi connectivity index (χ0) is 16.8. The molecule has 0 aliphatic rings. The van der Waals surface area contributed by atoms with Crippen molar-refractivity contribution < 1.29 is 0 Å². The Morgan fingerprint density at radius 2 is 1.75 bits per heavy atom. The number of hydrogen-bond acceptors (Lipinski definition) is 2. The molecule has 0 radical (unpaired) electrons. The molecule has 0 bridgehead atoms. The molecular weight excluding hydrogens is 316 g/mol. The molecular formula is C19H20N4S. The number of anilines is 1. The van der Waals surface area contributed by atoms with Crippen molar-refractivity contribution in [2.45, 2.75) is 19.9 Å². The normalized spacial score (nSPS) is 10.4. The lowest BCUT2D eigenvalue weighted by atomic mass is 10.1. The van der Waals surface area contributed by atoms with Crippen LogP contribution in [-0.2, 0) is 13.0 Å². The highest BCUT2D eigenvalue weighted by molar-refractivity contribution is 7.80. The van der Waals surface area contributed by atoms with Gasteiger partial charge in [0.2, 0.25) is 0 Å². The molecule has 122 valence electrons. The van der Waals surface area contributed by atoms with E-state index in [0.29, 0.717) is 11.7 Å². The molecule has 4 nitrogen and oxygen atoms in total. The fraction of sp³-hybridized carbons (Fsp3) is 0.158. The number of aryl methyl sites for hydroxylation is 1. The summed E-state index contributed by atoms with van der Waals surface area (Å²) in [5.74, 6) is 0. The predicted molar refractivity (Wildman–Crippen MR) is 102 cm³/mol. The van der Waals surface area contributed by atoms with E-state index in [2.05, 4.69) is 46.9 Å². The molecule has 2 N–H and O–H groups in total. The summed E-state index contributed by atoms with van der Waals surface area (Å²) in [6.07, 6.45) is 4.74. The first-order chi connectivity index (χ1) is 11.7. The molecule has 2 aromatic carbocycles. The average Bonchev–Trinajstić information content (AvgIpc) is 3.16. The molecule has 0 atom stereocenters. The Morgan fingerprint density at radius 1 is 1.04 bits per heavy atom. The minimum Gasteiger partial charge on any atom is -0.358 e. The summed E-state index contributed by atoms with van der Waals surface area (Å²) in [5, 5.41) is 11.3. The smallest absolute Gasteiger partial charge is 0.171 e. The van der Waals surface area contributed by atoms with Crippen molar-refractivity contribution >= 4 is 23.0 Å². The Hall–Kier alpha value is -2.66. The zero-order valence-corrected chi connectivity index (χ0v) is 14.4. The van der Waals surface area contributed by atoms with Gasteiger partial charge in [0.25, 0.3) is 0 Å². The molecule has 5 heteroatoms. The second-order valence-corrected chi connectivity index (χ2v) is 5.88. The number of benzene rings is 2. The summed E-state index contributed by atoms with van der Waals surface area (Å²) < 4.78 is 1.84. The van der Waals surface area contributed by atoms with Gasteiger partial charge in [0.05, 0.1) is 5.69 Å². The van der Waals surface area contributed by atoms with Crippen molar-refractivity contribution in [1.82, 2.24) is 15.1 Å². The second-order valence-electron chi connectivity index (χ2n) is 5.48. The van der Waals surface area contributed by atoms with Crippen LogP contribution in [0, 0.1) is 0 Å². The molecule has 0 aliphatic carbocycles. The summed E-state index contributed by atoms with van der Waals surface area (Å²) in [6.45, 7) is 2.82. The molecule has 0 unspecified atom stereocenters. The van der Waals surface area contributed by atoms with E-state index in [0.717, 1.165) is 23.4 Å². The van der Waals surface area contributed by atoms with E-state index in [1.165, 1.54) is 5.56 Å². The first-order valence-corrected chi connectivity index (χ1v) is 8.38. The Balaban J connectivity index is 1.52. The van der Waals surface area contributed by atoms with Crippen molar-refractivity contribution in [3.05, 3.63) is 78.1 Å². The van der Waals surface area contributed by atoms with Crippen molar-refractivity contribution in [2.24, 2.45) is 0 Å². The lowest BCUT2D eigenvalue weighted by molar-refractivity contribution is 0.874. The van der Waals surface area contributed by atoms with Gasteiger partial charge < -0.3 is 10.6 Å². The second kappa shape index (κ2) is 7.75. The van der Waals surface area contributed by atoms with Crippen LogP contribution in [0.5, 0.6) is 0 Å². The van der Waals surface area contributed by atoms with Crippen LogP contribution in [0.25, 0.3) is 5.69 Å². The third-order valence-electron chi connectivity index (χ3n) is 3.78. The van der Waals surface area contributed by atoms with Crippen molar-refractivity contribution in [2.75, 3.05) is 5.32 Å². The first-order valence-electron chi connectivity index (χ1n) is 7.97. The van der Waals surface area contributed by atoms with Gasteiger partial charge >= 0.3 is 0 Å². The summed E-state index contributed by atoms with van der Waals surface area (Å²) in [4.78, 5) is 0. The van der Waals surface area contributed by atoms with E-state index in [-0.39, 0.29) is 0 Å². The molecule has 3 aromatic rings. The van der Waals surface area contributed by atoms with Crippen molar-refractivity contribution in [1.29, 1.82) is 0 Å². The maximum Gasteiger partial charge on any atom is 0.171 e. The standard InChI is InChI=1S/C19H20N4S/c1-2-15-4-8-17(9-5-15)22-19(24)20-14-16-6-10-18(11-7-16)23-13-3-12-21-23/h3-13H,2,14H2,1H3,(H2,20,22,24). The number of hydrogen-bond donors (Lipinski definition) is 2. The zero-order valence-electron chi connectivity index (χ0n) is 13.6. The summed E-state index contributed by atoms with van der Waals surface area (Å²) in [7, 11) is 0. The van der Waals surface area contributed by atoms with E-state index in [1.54, 1.807) is 6.20 Å². The average molecular weight is 336 g/mol. The van der Waals surface area contributed by atoms with Crippen LogP contribution in [0.2, 0.25) is 0 Å². The molecule has 0 amide bonds. The van der Waals surface area contributed by atoms with Gasteiger partial charge in [0.1, 0.15) is 0 Å². The minimum atomic E-state index is 0.621. The number of nitrogens with zero attached hydrogens (tertiary/aromatic N) is 2. The maximum absolute atomic E-state index is 5.35. The monoisotopic (exact) mass is 336 g/mol. The van der Waals surface area contributed by atoms with Gasteiger partial charge in [-0.3, -0.25) is 0 Å². The van der Waals surface area contributed by atoms with Crippen LogP contribution >= 0.6 is 12.2 Å². The highest BCUT2D eigenvalue weighted by Crippen LogP contribution is 2.11. The molecule has 1 aromatic heterocycles. The van der Waals surface area contributed by atoms with Crippen LogP contribution in [0.1, 0.15) is 18.1 Å². The number of thiocarbonyl (C=S) groups is 1. The third kappa shape index (κ3) is 4.20. The molecule has 24 heavy (non-hydrogen) atoms. The Kier molecular flexibility index (Phi) is 5.23. The first kappa shape index (κ1) is 16.2. The van der Waals surface area contributed by atoms with Crippen LogP contribution < -0.4 is 10.6 Å². The van der Waals surface area contributed by atoms with Gasteiger partial charge in [-0.05, 0) is 60.1 Å². The number of aromatic nitrogens is 2. The molecule has 0 aliphatic heterocycles. The van der Waals surface area contributed by atoms with E-state index < -0.39 is 0 Å². The van der Waals surface area contributed by atoms with Gasteiger partial charge in [0.15, 0.2) is 5.11 Å². The molecule has 0 saturated heterocycles. The fourth-order valence-electron chi connectivity index (χ4n) is 2.37. The minimum absolute atomic E-state index is 0.621. The Labute approximate surface area is 147 Å². The molecule has 0 fully saturated rings. The van der Waals surface area contributed by atoms with Crippen molar-refractivity contribution in [3.63, 3.8) is 0 Å². The summed E-state index contributed by atoms with van der Waals surface area (Å²) in [6, 6.07) is 18.5. The lowest BCUT2D eigenvalue weighted by Crippen LogP contribution is -2.27. The van der Waals surface area contributed by atoms with E-state index >= 15 is 0 Å². The van der Waals surface area contributed by atoms with Crippen LogP contribution in [0.4, 0.5) is 5.69 Å². The van der Waals surface area contributed by atoms with Crippen LogP contribution in [0.15, 0.2) is 67.0 Å². The molecule has 0 saturated carbocycles. The maximum atomic E-state index is 5.35. The number of nitrogens with one attached hydrogen (secondary N) is 2. The van der Waals surface area contributed by atoms with Gasteiger partial charge in [-0.15, -0.1) is 0 Å². The largest absolute Gasteiger partial charge is 0.358 e. The SMILES string of the molecule is CCc1ccc(NC(=S)NCc2ccc(-n3cccn3)cc2)cc1. The van der Waals surface area contributed by atoms with Crippen LogP contribution in [-0.4, -0.2) is 14.9 Å². The molecule has 1 heterocycles. The Bertz CT molecular complexity index is 777. The van der Waals surface area contributed by atoms with E-state index in [9.17, 15) is 0 Å². The third-order valence-corrected chi connectivity index (χ3v) is 4.02. The Morgan fingerprint density at radius 3 is 2.38 bits per heavy atom. The van der Waals surface area contributed by atoms with Crippen LogP contribution in [0.3, 0.4) is 0 Å². The van der Waals surface area contributed by atoms with Gasteiger partial charge in [0, 0.05) is 24.6 Å². The van der Waals surface area contributed by atoms with Crippen molar-refractivity contribution in [3.8, 4) is 5.69 Å².